The van der Waals surface area contributed by atoms with Gasteiger partial charge in [0, 0.05) is 10.3 Å². The van der Waals surface area contributed by atoms with E-state index in [0.29, 0.717) is 22.1 Å². The zero-order valence-electron chi connectivity index (χ0n) is 18.8. The average Bonchev–Trinajstić information content (AvgIpc) is 3.14. The summed E-state index contributed by atoms with van der Waals surface area (Å²) in [6.07, 6.45) is 0.944. The summed E-state index contributed by atoms with van der Waals surface area (Å²) in [7, 11) is -3.84. The van der Waals surface area contributed by atoms with E-state index in [1.807, 2.05) is 30.5 Å². The number of fused-ring (bicyclic) bond motifs is 1. The minimum Gasteiger partial charge on any atom is -0.289 e. The fraction of sp³-hybridized carbons (Fsp3) is 0.208. The molecule has 0 amide bonds. The number of hydrogen-bond acceptors (Lipinski definition) is 7. The number of halogens is 1. The Morgan fingerprint density at radius 2 is 1.76 bits per heavy atom. The van der Waals surface area contributed by atoms with Crippen molar-refractivity contribution in [2.24, 2.45) is 0 Å². The maximum atomic E-state index is 12.3. The van der Waals surface area contributed by atoms with Crippen molar-refractivity contribution in [3.05, 3.63) is 91.9 Å². The van der Waals surface area contributed by atoms with Crippen molar-refractivity contribution in [1.29, 1.82) is 0 Å². The predicted molar refractivity (Wildman–Crippen MR) is 134 cm³/mol. The van der Waals surface area contributed by atoms with Crippen molar-refractivity contribution in [2.45, 2.75) is 38.7 Å². The van der Waals surface area contributed by atoms with Gasteiger partial charge >= 0.3 is 0 Å². The molecule has 0 radical (unpaired) electrons. The Labute approximate surface area is 206 Å². The van der Waals surface area contributed by atoms with Gasteiger partial charge in [0.15, 0.2) is 11.3 Å². The lowest BCUT2D eigenvalue weighted by Gasteiger charge is -2.08. The first kappa shape index (κ1) is 24.3. The van der Waals surface area contributed by atoms with Crippen LogP contribution in [0.3, 0.4) is 0 Å². The molecule has 0 bridgehead atoms. The number of benzene rings is 2. The van der Waals surface area contributed by atoms with Crippen LogP contribution in [0.1, 0.15) is 29.0 Å². The minimum absolute atomic E-state index is 0.102. The van der Waals surface area contributed by atoms with Gasteiger partial charge in [0.1, 0.15) is 17.4 Å². The molecule has 5 rings (SSSR count). The first-order valence-electron chi connectivity index (χ1n) is 10.5. The largest absolute Gasteiger partial charge is 0.297 e. The van der Waals surface area contributed by atoms with Crippen LogP contribution >= 0.6 is 22.9 Å². The van der Waals surface area contributed by atoms with Gasteiger partial charge in [-0.15, -0.1) is 21.5 Å². The molecule has 2 aromatic heterocycles. The predicted octanol–water partition coefficient (Wildman–Crippen LogP) is 5.14. The summed E-state index contributed by atoms with van der Waals surface area (Å²) in [5, 5.41) is 11.1. The highest BCUT2D eigenvalue weighted by Crippen LogP contribution is 2.25. The van der Waals surface area contributed by atoms with E-state index in [4.69, 9.17) is 15.8 Å². The van der Waals surface area contributed by atoms with Crippen LogP contribution in [0.2, 0.25) is 5.02 Å². The zero-order valence-corrected chi connectivity index (χ0v) is 21.2. The fourth-order valence-corrected chi connectivity index (χ4v) is 5.40. The second kappa shape index (κ2) is 9.79. The lowest BCUT2D eigenvalue weighted by Crippen LogP contribution is -2.10. The maximum Gasteiger partial charge on any atom is 0.297 e. The van der Waals surface area contributed by atoms with Crippen LogP contribution in [0.5, 0.6) is 0 Å². The molecule has 3 aromatic carbocycles. The summed E-state index contributed by atoms with van der Waals surface area (Å²) in [6, 6.07) is 15.9. The molecule has 34 heavy (non-hydrogen) atoms. The SMILES string of the molecule is CCc1ccc(-n2c(C)nnc2COS(=O)(=O)c2ccc(C)cc2)s1.O=c1c2cccc(Cl)c12. The van der Waals surface area contributed by atoms with E-state index >= 15 is 0 Å². The number of aryl methyl sites for hydroxylation is 3. The van der Waals surface area contributed by atoms with Gasteiger partial charge in [-0.25, -0.2) is 0 Å². The van der Waals surface area contributed by atoms with E-state index < -0.39 is 10.1 Å². The van der Waals surface area contributed by atoms with Crippen LogP contribution in [-0.4, -0.2) is 23.2 Å². The summed E-state index contributed by atoms with van der Waals surface area (Å²) in [6.45, 7) is 5.65. The van der Waals surface area contributed by atoms with E-state index in [9.17, 15) is 13.2 Å². The third kappa shape index (κ3) is 5.12. The molecule has 0 saturated heterocycles. The Bertz CT molecular complexity index is 1560. The quantitative estimate of drug-likeness (QED) is 0.291. The third-order valence-electron chi connectivity index (χ3n) is 5.18. The molecule has 0 unspecified atom stereocenters. The summed E-state index contributed by atoms with van der Waals surface area (Å²) >= 11 is 7.26. The molecule has 0 aliphatic heterocycles. The van der Waals surface area contributed by atoms with Gasteiger partial charge in [0.2, 0.25) is 0 Å². The maximum absolute atomic E-state index is 12.3. The van der Waals surface area contributed by atoms with Crippen molar-refractivity contribution in [2.75, 3.05) is 0 Å². The van der Waals surface area contributed by atoms with Crippen molar-refractivity contribution in [3.8, 4) is 5.00 Å². The van der Waals surface area contributed by atoms with Crippen LogP contribution in [0, 0.1) is 13.8 Å². The van der Waals surface area contributed by atoms with E-state index in [1.165, 1.54) is 17.0 Å². The molecule has 10 heteroatoms. The Hall–Kier alpha value is -2.85. The Morgan fingerprint density at radius 3 is 2.38 bits per heavy atom. The Balaban J connectivity index is 0.000000252. The zero-order chi connectivity index (χ0) is 24.5. The summed E-state index contributed by atoms with van der Waals surface area (Å²) in [5.41, 5.74) is 1.09. The van der Waals surface area contributed by atoms with Gasteiger partial charge < -0.3 is 0 Å². The third-order valence-corrected chi connectivity index (χ3v) is 7.99. The van der Waals surface area contributed by atoms with Crippen molar-refractivity contribution >= 4 is 43.8 Å². The molecular formula is C24H22ClN3O4S2. The molecule has 0 aliphatic rings. The monoisotopic (exact) mass is 515 g/mol. The normalized spacial score (nSPS) is 11.6. The van der Waals surface area contributed by atoms with Crippen molar-refractivity contribution in [3.63, 3.8) is 0 Å². The number of aromatic nitrogens is 3. The van der Waals surface area contributed by atoms with Gasteiger partial charge in [0.05, 0.1) is 15.3 Å². The van der Waals surface area contributed by atoms with Crippen LogP contribution in [0.4, 0.5) is 0 Å². The first-order chi connectivity index (χ1) is 16.2. The molecule has 0 fully saturated rings. The van der Waals surface area contributed by atoms with Gasteiger partial charge in [-0.1, -0.05) is 48.4 Å². The Morgan fingerprint density at radius 1 is 1.03 bits per heavy atom. The summed E-state index contributed by atoms with van der Waals surface area (Å²) < 4.78 is 31.7. The summed E-state index contributed by atoms with van der Waals surface area (Å²) in [4.78, 5) is 12.0. The van der Waals surface area contributed by atoms with E-state index in [1.54, 1.807) is 41.7 Å². The molecule has 0 N–H and O–H groups in total. The molecule has 2 heterocycles. The second-order valence-corrected chi connectivity index (χ2v) is 10.8. The van der Waals surface area contributed by atoms with Crippen LogP contribution in [0.25, 0.3) is 15.8 Å². The van der Waals surface area contributed by atoms with Gasteiger partial charge in [-0.05, 0) is 50.6 Å². The molecule has 0 aliphatic carbocycles. The number of nitrogens with zero attached hydrogens (tertiary/aromatic N) is 3. The van der Waals surface area contributed by atoms with Gasteiger partial charge in [0.25, 0.3) is 10.1 Å². The molecule has 7 nitrogen and oxygen atoms in total. The van der Waals surface area contributed by atoms with Crippen LogP contribution < -0.4 is 5.43 Å². The van der Waals surface area contributed by atoms with E-state index in [-0.39, 0.29) is 16.9 Å². The lowest BCUT2D eigenvalue weighted by atomic mass is 10.2. The molecule has 176 valence electrons. The number of thiophene rings is 1. The molecule has 0 saturated carbocycles. The van der Waals surface area contributed by atoms with E-state index in [2.05, 4.69) is 17.1 Å². The van der Waals surface area contributed by atoms with E-state index in [0.717, 1.165) is 22.4 Å². The molecular weight excluding hydrogens is 494 g/mol. The first-order valence-corrected chi connectivity index (χ1v) is 13.1. The Kier molecular flexibility index (Phi) is 6.99. The van der Waals surface area contributed by atoms with Crippen molar-refractivity contribution in [1.82, 2.24) is 14.8 Å². The highest BCUT2D eigenvalue weighted by molar-refractivity contribution is 7.86. The highest BCUT2D eigenvalue weighted by atomic mass is 35.5. The minimum atomic E-state index is -3.84. The van der Waals surface area contributed by atoms with Gasteiger partial charge in [-0.2, -0.15) is 8.42 Å². The number of rotatable bonds is 6. The lowest BCUT2D eigenvalue weighted by molar-refractivity contribution is 0.296. The van der Waals surface area contributed by atoms with Gasteiger partial charge in [-0.3, -0.25) is 13.5 Å². The topological polar surface area (TPSA) is 91.2 Å². The average molecular weight is 516 g/mol. The van der Waals surface area contributed by atoms with Crippen molar-refractivity contribution < 1.29 is 12.6 Å². The standard InChI is InChI=1S/C17H19N3O3S2.C7H3ClO/c1-4-14-7-10-17(24-14)20-13(3)18-19-16(20)11-23-25(21,22)15-8-5-12(2)6-9-15;8-5-3-1-2-4-6(5)7(4)9/h5-10H,4,11H2,1-3H3;1-3H. The van der Waals surface area contributed by atoms with Crippen LogP contribution in [0.15, 0.2) is 64.3 Å². The smallest absolute Gasteiger partial charge is 0.289 e. The second-order valence-electron chi connectivity index (χ2n) is 7.61. The number of hydrogen-bond donors (Lipinski definition) is 0. The molecule has 0 atom stereocenters. The fourth-order valence-electron chi connectivity index (χ4n) is 3.26. The molecule has 5 aromatic rings. The highest BCUT2D eigenvalue weighted by Gasteiger charge is 2.19. The van der Waals surface area contributed by atoms with Crippen LogP contribution in [-0.2, 0) is 27.3 Å². The summed E-state index contributed by atoms with van der Waals surface area (Å²) in [5.74, 6) is 1.15. The molecule has 0 spiro atoms.